The van der Waals surface area contributed by atoms with Crippen LogP contribution in [0.5, 0.6) is 0 Å². The molecule has 1 amide bonds. The molecule has 7 rings (SSSR count). The summed E-state index contributed by atoms with van der Waals surface area (Å²) in [4.78, 5) is 32.1. The summed E-state index contributed by atoms with van der Waals surface area (Å²) in [5.41, 5.74) is 1.15. The summed E-state index contributed by atoms with van der Waals surface area (Å²) in [6.45, 7) is 5.45. The summed E-state index contributed by atoms with van der Waals surface area (Å²) in [6, 6.07) is 9.12. The van der Waals surface area contributed by atoms with Gasteiger partial charge in [0.05, 0.1) is 49.1 Å². The number of alkyl halides is 1. The smallest absolute Gasteiger partial charge is 0.256 e. The van der Waals surface area contributed by atoms with Gasteiger partial charge in [0, 0.05) is 31.8 Å². The van der Waals surface area contributed by atoms with E-state index in [0.717, 1.165) is 57.7 Å². The molecule has 0 aromatic heterocycles. The second kappa shape index (κ2) is 13.0. The Kier molecular flexibility index (Phi) is 8.85. The van der Waals surface area contributed by atoms with Crippen LogP contribution in [0.1, 0.15) is 56.9 Å². The first kappa shape index (κ1) is 29.4. The molecule has 2 saturated heterocycles. The van der Waals surface area contributed by atoms with E-state index < -0.39 is 24.2 Å². The first-order chi connectivity index (χ1) is 21.1. The third-order valence-corrected chi connectivity index (χ3v) is 11.2. The highest BCUT2D eigenvalue weighted by molar-refractivity contribution is 6.20. The quantitative estimate of drug-likeness (QED) is 0.353. The average Bonchev–Trinajstić information content (AvgIpc) is 3.04. The van der Waals surface area contributed by atoms with Gasteiger partial charge in [0.2, 0.25) is 0 Å². The van der Waals surface area contributed by atoms with Crippen molar-refractivity contribution < 1.29 is 23.5 Å². The van der Waals surface area contributed by atoms with E-state index >= 15 is 4.39 Å². The van der Waals surface area contributed by atoms with Crippen molar-refractivity contribution in [3.05, 3.63) is 47.7 Å². The number of nitrogens with zero attached hydrogens (tertiary/aromatic N) is 2. The molecule has 234 valence electrons. The molecule has 3 aliphatic carbocycles. The highest BCUT2D eigenvalue weighted by Gasteiger charge is 2.59. The fraction of sp³-hybridized carbons (Fsp3) is 0.706. The van der Waals surface area contributed by atoms with Crippen LogP contribution in [0.2, 0.25) is 0 Å². The summed E-state index contributed by atoms with van der Waals surface area (Å²) in [5, 5.41) is 6.51. The molecule has 2 N–H and O–H groups in total. The Hall–Kier alpha value is -2.33. The number of carbonyl (C=O) groups is 2. The van der Waals surface area contributed by atoms with Gasteiger partial charge < -0.3 is 25.0 Å². The van der Waals surface area contributed by atoms with E-state index in [0.29, 0.717) is 24.9 Å². The Labute approximate surface area is 254 Å². The molecule has 1 aromatic rings. The van der Waals surface area contributed by atoms with E-state index in [-0.39, 0.29) is 41.9 Å². The highest BCUT2D eigenvalue weighted by atomic mass is 19.1. The molecule has 9 heteroatoms. The lowest BCUT2D eigenvalue weighted by Crippen LogP contribution is -2.73. The van der Waals surface area contributed by atoms with Gasteiger partial charge in [-0.25, -0.2) is 4.39 Å². The number of nitrogens with one attached hydrogen (secondary N) is 2. The molecule has 3 aliphatic heterocycles. The Morgan fingerprint density at radius 3 is 2.58 bits per heavy atom. The van der Waals surface area contributed by atoms with Crippen LogP contribution in [0.3, 0.4) is 0 Å². The first-order valence-corrected chi connectivity index (χ1v) is 16.8. The van der Waals surface area contributed by atoms with Gasteiger partial charge in [-0.2, -0.15) is 0 Å². The first-order valence-electron chi connectivity index (χ1n) is 16.8. The predicted molar refractivity (Wildman–Crippen MR) is 161 cm³/mol. The number of hydrogen-bond donors (Lipinski definition) is 2. The van der Waals surface area contributed by atoms with Crippen LogP contribution in [-0.2, 0) is 25.6 Å². The van der Waals surface area contributed by atoms with Crippen molar-refractivity contribution in [2.75, 3.05) is 39.4 Å². The fourth-order valence-corrected chi connectivity index (χ4v) is 8.96. The topological polar surface area (TPSA) is 83.1 Å². The normalized spacial score (nSPS) is 37.5. The van der Waals surface area contributed by atoms with E-state index in [9.17, 15) is 9.59 Å². The lowest BCUT2D eigenvalue weighted by atomic mass is 9.65. The van der Waals surface area contributed by atoms with Gasteiger partial charge in [0.25, 0.3) is 5.91 Å². The molecule has 9 atom stereocenters. The predicted octanol–water partition coefficient (Wildman–Crippen LogP) is 3.21. The average molecular weight is 595 g/mol. The molecule has 3 saturated carbocycles. The van der Waals surface area contributed by atoms with Crippen molar-refractivity contribution in [3.8, 4) is 0 Å². The number of ether oxygens (including phenoxy) is 2. The van der Waals surface area contributed by atoms with Crippen LogP contribution in [0.15, 0.2) is 42.1 Å². The monoisotopic (exact) mass is 594 g/mol. The molecule has 0 bridgehead atoms. The molecule has 3 heterocycles. The van der Waals surface area contributed by atoms with E-state index in [4.69, 9.17) is 9.47 Å². The van der Waals surface area contributed by atoms with Gasteiger partial charge in [-0.1, -0.05) is 56.0 Å². The van der Waals surface area contributed by atoms with Crippen LogP contribution in [0.25, 0.3) is 0 Å². The number of ketones is 1. The molecule has 0 spiro atoms. The number of fused-ring (bicyclic) bond motifs is 3. The van der Waals surface area contributed by atoms with E-state index in [1.165, 1.54) is 25.7 Å². The van der Waals surface area contributed by atoms with Crippen LogP contribution >= 0.6 is 0 Å². The second-order valence-corrected chi connectivity index (χ2v) is 13.6. The molecule has 0 radical (unpaired) electrons. The van der Waals surface area contributed by atoms with Crippen molar-refractivity contribution in [3.63, 3.8) is 0 Å². The Bertz CT molecular complexity index is 1180. The molecule has 9 unspecified atom stereocenters. The maximum atomic E-state index is 16.1. The molecule has 6 aliphatic rings. The Morgan fingerprint density at radius 2 is 1.79 bits per heavy atom. The minimum Gasteiger partial charge on any atom is -0.379 e. The lowest BCUT2D eigenvalue weighted by molar-refractivity contribution is -0.208. The summed E-state index contributed by atoms with van der Waals surface area (Å²) >= 11 is 0. The van der Waals surface area contributed by atoms with Crippen LogP contribution < -0.4 is 10.6 Å². The van der Waals surface area contributed by atoms with Gasteiger partial charge >= 0.3 is 0 Å². The Balaban J connectivity index is 1.12. The van der Waals surface area contributed by atoms with Crippen molar-refractivity contribution in [1.82, 2.24) is 20.4 Å². The van der Waals surface area contributed by atoms with Gasteiger partial charge in [0.15, 0.2) is 5.78 Å². The summed E-state index contributed by atoms with van der Waals surface area (Å²) < 4.78 is 28.5. The molecular weight excluding hydrogens is 547 g/mol. The number of Topliss-reactive ketones (excluding diaryl/α,β-unsaturated/α-hetero) is 1. The number of hydrogen-bond acceptors (Lipinski definition) is 7. The number of halogens is 1. The molecule has 8 nitrogen and oxygen atoms in total. The largest absolute Gasteiger partial charge is 0.379 e. The van der Waals surface area contributed by atoms with E-state index in [1.807, 2.05) is 36.5 Å². The molecule has 5 fully saturated rings. The second-order valence-electron chi connectivity index (χ2n) is 13.6. The van der Waals surface area contributed by atoms with Gasteiger partial charge in [0.1, 0.15) is 6.17 Å². The van der Waals surface area contributed by atoms with Crippen molar-refractivity contribution >= 4 is 11.7 Å². The van der Waals surface area contributed by atoms with Crippen molar-refractivity contribution in [1.29, 1.82) is 0 Å². The summed E-state index contributed by atoms with van der Waals surface area (Å²) in [6.07, 6.45) is 8.27. The summed E-state index contributed by atoms with van der Waals surface area (Å²) in [7, 11) is 0. The zero-order chi connectivity index (χ0) is 29.3. The van der Waals surface area contributed by atoms with Crippen LogP contribution in [0.4, 0.5) is 4.39 Å². The van der Waals surface area contributed by atoms with E-state index in [2.05, 4.69) is 20.4 Å². The standard InChI is InChI=1S/C34H47FN4O4/c35-27-19-25-31-33(30(27)36-11-6-12-38-13-15-42-16-14-38)43-29-18-24-10-5-4-9-23(24)17-28(29)39(31)21-26(32(25)40)34(41)37-20-22-7-2-1-3-8-22/h1-3,7-8,21,23-25,27-31,33,36H,4-6,9-20H2,(H,37,41). The lowest BCUT2D eigenvalue weighted by Gasteiger charge is -2.61. The maximum absolute atomic E-state index is 16.1. The molecule has 43 heavy (non-hydrogen) atoms. The fourth-order valence-electron chi connectivity index (χ4n) is 8.96. The number of benzene rings is 1. The van der Waals surface area contributed by atoms with E-state index in [1.54, 1.807) is 0 Å². The van der Waals surface area contributed by atoms with Crippen molar-refractivity contribution in [2.24, 2.45) is 17.8 Å². The maximum Gasteiger partial charge on any atom is 0.256 e. The minimum absolute atomic E-state index is 0.0118. The van der Waals surface area contributed by atoms with Gasteiger partial charge in [-0.15, -0.1) is 0 Å². The van der Waals surface area contributed by atoms with Crippen molar-refractivity contribution in [2.45, 2.75) is 94.4 Å². The van der Waals surface area contributed by atoms with Gasteiger partial charge in [-0.3, -0.25) is 14.5 Å². The number of carbonyl (C=O) groups excluding carboxylic acids is 2. The van der Waals surface area contributed by atoms with Crippen LogP contribution in [0, 0.1) is 17.8 Å². The number of rotatable bonds is 8. The van der Waals surface area contributed by atoms with Gasteiger partial charge in [-0.05, 0) is 56.2 Å². The highest BCUT2D eigenvalue weighted by Crippen LogP contribution is 2.50. The summed E-state index contributed by atoms with van der Waals surface area (Å²) in [5.74, 6) is 0.118. The third kappa shape index (κ3) is 6.02. The zero-order valence-electron chi connectivity index (χ0n) is 25.2. The zero-order valence-corrected chi connectivity index (χ0v) is 25.2. The van der Waals surface area contributed by atoms with Crippen LogP contribution in [-0.4, -0.2) is 97.4 Å². The number of morpholine rings is 2. The molecule has 1 aromatic carbocycles. The third-order valence-electron chi connectivity index (χ3n) is 11.2. The molecular formula is C34H47FN4O4. The Morgan fingerprint density at radius 1 is 1.02 bits per heavy atom. The minimum atomic E-state index is -1.21. The number of amides is 1. The SMILES string of the molecule is O=C(NCc1ccccc1)C1=CN2C3CC4CCCCC4CC3OC3C(NCCCN4CCOCC4)C(F)CC(C1=O)C32.